The number of hydrogen-bond donors (Lipinski definition) is 0. The molecule has 2 aromatic heterocycles. The van der Waals surface area contributed by atoms with Gasteiger partial charge in [-0.25, -0.2) is 9.97 Å². The lowest BCUT2D eigenvalue weighted by atomic mass is 10.1. The highest BCUT2D eigenvalue weighted by molar-refractivity contribution is 6.35. The van der Waals surface area contributed by atoms with Crippen LogP contribution >= 0.6 is 23.2 Å². The summed E-state index contributed by atoms with van der Waals surface area (Å²) in [4.78, 5) is 46.6. The van der Waals surface area contributed by atoms with Crippen molar-refractivity contribution in [3.05, 3.63) is 16.8 Å². The maximum Gasteiger partial charge on any atom is 0.303 e. The maximum atomic E-state index is 11.7. The zero-order chi connectivity index (χ0) is 21.3. The Bertz CT molecular complexity index is 966. The van der Waals surface area contributed by atoms with Crippen LogP contribution in [-0.2, 0) is 33.3 Å². The molecule has 0 aliphatic carbocycles. The number of carbonyl (C=O) groups excluding carboxylic acids is 3. The van der Waals surface area contributed by atoms with Crippen LogP contribution in [0.5, 0.6) is 0 Å². The summed E-state index contributed by atoms with van der Waals surface area (Å²) < 4.78 is 23.0. The van der Waals surface area contributed by atoms with Crippen LogP contribution in [0.1, 0.15) is 27.0 Å². The molecule has 0 spiro atoms. The third-order valence-electron chi connectivity index (χ3n) is 3.97. The quantitative estimate of drug-likeness (QED) is 0.287. The van der Waals surface area contributed by atoms with Crippen molar-refractivity contribution in [1.29, 1.82) is 0 Å². The van der Waals surface area contributed by atoms with Crippen molar-refractivity contribution in [3.63, 3.8) is 0 Å². The standard InChI is InChI=1S/C16H16Cl2N4O7/c1-6(23)26-4-9-11(27-7(2)24)12(28-8(3)25)15(29-9)22-5-19-10-13(17)20-16(18)21-14(10)22/h5,9,11-12,15H,4H2,1-3H3/t9-,11+,12-,15-/m0/s1. The average Bonchev–Trinajstić information content (AvgIpc) is 3.15. The van der Waals surface area contributed by atoms with Gasteiger partial charge in [-0.2, -0.15) is 4.98 Å². The van der Waals surface area contributed by atoms with Gasteiger partial charge in [-0.15, -0.1) is 0 Å². The summed E-state index contributed by atoms with van der Waals surface area (Å²) in [5, 5.41) is -0.104. The van der Waals surface area contributed by atoms with Crippen molar-refractivity contribution in [2.75, 3.05) is 6.61 Å². The Balaban J connectivity index is 2.04. The number of halogens is 2. The Morgan fingerprint density at radius 1 is 1.07 bits per heavy atom. The summed E-state index contributed by atoms with van der Waals surface area (Å²) in [7, 11) is 0. The largest absolute Gasteiger partial charge is 0.463 e. The maximum absolute atomic E-state index is 11.7. The topological polar surface area (TPSA) is 132 Å². The Morgan fingerprint density at radius 3 is 2.34 bits per heavy atom. The number of aromatic nitrogens is 4. The van der Waals surface area contributed by atoms with Gasteiger partial charge in [0.2, 0.25) is 5.28 Å². The van der Waals surface area contributed by atoms with E-state index in [-0.39, 0.29) is 28.2 Å². The highest BCUT2D eigenvalue weighted by Crippen LogP contribution is 2.36. The number of ether oxygens (including phenoxy) is 4. The predicted molar refractivity (Wildman–Crippen MR) is 97.0 cm³/mol. The second-order valence-corrected chi connectivity index (χ2v) is 6.82. The molecule has 156 valence electrons. The third kappa shape index (κ3) is 4.57. The molecule has 11 nitrogen and oxygen atoms in total. The zero-order valence-corrected chi connectivity index (χ0v) is 17.0. The smallest absolute Gasteiger partial charge is 0.303 e. The minimum atomic E-state index is -1.08. The van der Waals surface area contributed by atoms with E-state index < -0.39 is 42.4 Å². The average molecular weight is 447 g/mol. The number of hydrogen-bond acceptors (Lipinski definition) is 10. The van der Waals surface area contributed by atoms with E-state index in [1.165, 1.54) is 31.7 Å². The fourth-order valence-electron chi connectivity index (χ4n) is 2.96. The monoisotopic (exact) mass is 446 g/mol. The van der Waals surface area contributed by atoms with Crippen molar-refractivity contribution >= 4 is 52.3 Å². The zero-order valence-electron chi connectivity index (χ0n) is 15.5. The minimum absolute atomic E-state index is 0.0220. The molecule has 1 aliphatic rings. The van der Waals surface area contributed by atoms with E-state index in [2.05, 4.69) is 15.0 Å². The Morgan fingerprint density at radius 2 is 1.72 bits per heavy atom. The molecule has 13 heteroatoms. The minimum Gasteiger partial charge on any atom is -0.463 e. The second kappa shape index (κ2) is 8.47. The number of rotatable bonds is 5. The van der Waals surface area contributed by atoms with Crippen LogP contribution in [0.3, 0.4) is 0 Å². The van der Waals surface area contributed by atoms with Crippen molar-refractivity contribution < 1.29 is 33.3 Å². The van der Waals surface area contributed by atoms with Gasteiger partial charge in [0.15, 0.2) is 29.2 Å². The lowest BCUT2D eigenvalue weighted by molar-refractivity contribution is -0.166. The molecule has 0 saturated carbocycles. The van der Waals surface area contributed by atoms with E-state index in [0.717, 1.165) is 0 Å². The summed E-state index contributed by atoms with van der Waals surface area (Å²) in [6.07, 6.45) is -2.71. The molecule has 3 rings (SSSR count). The van der Waals surface area contributed by atoms with E-state index in [9.17, 15) is 14.4 Å². The van der Waals surface area contributed by atoms with E-state index in [1.807, 2.05) is 0 Å². The van der Waals surface area contributed by atoms with Crippen LogP contribution < -0.4 is 0 Å². The first-order valence-electron chi connectivity index (χ1n) is 8.36. The molecular weight excluding hydrogens is 431 g/mol. The third-order valence-corrected chi connectivity index (χ3v) is 4.40. The summed E-state index contributed by atoms with van der Waals surface area (Å²) in [5.74, 6) is -1.82. The summed E-state index contributed by atoms with van der Waals surface area (Å²) >= 11 is 11.9. The molecule has 29 heavy (non-hydrogen) atoms. The van der Waals surface area contributed by atoms with Crippen LogP contribution in [0.15, 0.2) is 6.33 Å². The van der Waals surface area contributed by atoms with Crippen LogP contribution in [0, 0.1) is 0 Å². The molecule has 2 aromatic rings. The molecule has 1 fully saturated rings. The molecular formula is C16H16Cl2N4O7. The van der Waals surface area contributed by atoms with Gasteiger partial charge in [0.1, 0.15) is 18.2 Å². The molecule has 0 amide bonds. The van der Waals surface area contributed by atoms with Gasteiger partial charge < -0.3 is 18.9 Å². The predicted octanol–water partition coefficient (Wildman–Crippen LogP) is 1.46. The fraction of sp³-hybridized carbons (Fsp3) is 0.500. The molecule has 3 heterocycles. The van der Waals surface area contributed by atoms with Gasteiger partial charge in [0.05, 0.1) is 6.33 Å². The van der Waals surface area contributed by atoms with Gasteiger partial charge in [-0.1, -0.05) is 11.6 Å². The van der Waals surface area contributed by atoms with E-state index in [4.69, 9.17) is 42.1 Å². The first-order valence-corrected chi connectivity index (χ1v) is 9.11. The lowest BCUT2D eigenvalue weighted by Gasteiger charge is -2.23. The molecule has 0 bridgehead atoms. The first-order chi connectivity index (χ1) is 13.7. The second-order valence-electron chi connectivity index (χ2n) is 6.12. The van der Waals surface area contributed by atoms with Gasteiger partial charge >= 0.3 is 17.9 Å². The molecule has 1 saturated heterocycles. The summed E-state index contributed by atoms with van der Waals surface area (Å²) in [6.45, 7) is 3.38. The van der Waals surface area contributed by atoms with Crippen molar-refractivity contribution in [2.45, 2.75) is 45.3 Å². The van der Waals surface area contributed by atoms with Crippen molar-refractivity contribution in [3.8, 4) is 0 Å². The number of nitrogens with zero attached hydrogens (tertiary/aromatic N) is 4. The molecule has 0 radical (unpaired) electrons. The van der Waals surface area contributed by atoms with Gasteiger partial charge in [0, 0.05) is 20.8 Å². The summed E-state index contributed by atoms with van der Waals surface area (Å²) in [6, 6.07) is 0. The van der Waals surface area contributed by atoms with Gasteiger partial charge in [-0.05, 0) is 11.6 Å². The van der Waals surface area contributed by atoms with Gasteiger partial charge in [-0.3, -0.25) is 19.0 Å². The van der Waals surface area contributed by atoms with E-state index in [0.29, 0.717) is 0 Å². The van der Waals surface area contributed by atoms with E-state index >= 15 is 0 Å². The molecule has 0 aromatic carbocycles. The highest BCUT2D eigenvalue weighted by atomic mass is 35.5. The Kier molecular flexibility index (Phi) is 6.20. The Hall–Kier alpha value is -2.50. The normalized spacial score (nSPS) is 23.8. The lowest BCUT2D eigenvalue weighted by Crippen LogP contribution is -2.40. The van der Waals surface area contributed by atoms with Crippen LogP contribution in [0.25, 0.3) is 11.2 Å². The van der Waals surface area contributed by atoms with Crippen molar-refractivity contribution in [1.82, 2.24) is 19.5 Å². The van der Waals surface area contributed by atoms with Crippen molar-refractivity contribution in [2.24, 2.45) is 0 Å². The molecule has 0 N–H and O–H groups in total. The molecule has 1 aliphatic heterocycles. The number of esters is 3. The van der Waals surface area contributed by atoms with Crippen LogP contribution in [-0.4, -0.2) is 62.3 Å². The summed E-state index contributed by atoms with van der Waals surface area (Å²) in [5.41, 5.74) is 0.459. The SMILES string of the molecule is CC(=O)OC[C@@H]1O[C@H](n2cnc3c(Cl)nc(Cl)nc32)[C@@H](OC(C)=O)[C@@H]1OC(C)=O. The molecule has 0 unspecified atom stereocenters. The molecule has 4 atom stereocenters. The van der Waals surface area contributed by atoms with Crippen LogP contribution in [0.4, 0.5) is 0 Å². The van der Waals surface area contributed by atoms with E-state index in [1.54, 1.807) is 0 Å². The van der Waals surface area contributed by atoms with Gasteiger partial charge in [0.25, 0.3) is 0 Å². The first kappa shape index (κ1) is 21.2. The number of carbonyl (C=O) groups is 3. The van der Waals surface area contributed by atoms with Crippen LogP contribution in [0.2, 0.25) is 10.4 Å². The number of fused-ring (bicyclic) bond motifs is 1. The Labute approximate surface area is 174 Å². The number of imidazole rings is 1. The fourth-order valence-corrected chi connectivity index (χ4v) is 3.38. The highest BCUT2D eigenvalue weighted by Gasteiger charge is 2.51.